The number of anilines is 1. The number of hydrogen-bond acceptors (Lipinski definition) is 8. The van der Waals surface area contributed by atoms with Crippen LogP contribution in [0.15, 0.2) is 18.3 Å². The van der Waals surface area contributed by atoms with E-state index in [1.807, 2.05) is 6.07 Å². The minimum absolute atomic E-state index is 0.106. The molecule has 0 atom stereocenters. The van der Waals surface area contributed by atoms with E-state index in [2.05, 4.69) is 30.0 Å². The van der Waals surface area contributed by atoms with E-state index in [0.717, 1.165) is 89.9 Å². The lowest BCUT2D eigenvalue weighted by atomic mass is 10.0. The van der Waals surface area contributed by atoms with Gasteiger partial charge in [-0.1, -0.05) is 12.8 Å². The Morgan fingerprint density at radius 2 is 1.59 bits per heavy atom. The first kappa shape index (κ1) is 23.4. The van der Waals surface area contributed by atoms with E-state index in [-0.39, 0.29) is 11.9 Å². The molecule has 34 heavy (non-hydrogen) atoms. The number of carbonyl (C=O) groups is 1. The molecule has 2 aromatic heterocycles. The second kappa shape index (κ2) is 11.4. The Balaban J connectivity index is 1.12. The van der Waals surface area contributed by atoms with Crippen molar-refractivity contribution in [2.45, 2.75) is 44.6 Å². The highest BCUT2D eigenvalue weighted by Gasteiger charge is 2.22. The average molecular weight is 468 g/mol. The second-order valence-electron chi connectivity index (χ2n) is 9.72. The first-order valence-electron chi connectivity index (χ1n) is 13.0. The van der Waals surface area contributed by atoms with Crippen LogP contribution in [0.25, 0.3) is 11.0 Å². The first-order chi connectivity index (χ1) is 16.7. The molecule has 0 aromatic carbocycles. The predicted molar refractivity (Wildman–Crippen MR) is 132 cm³/mol. The molecule has 3 saturated heterocycles. The minimum Gasteiger partial charge on any atom is -0.379 e. The Morgan fingerprint density at radius 1 is 0.882 bits per heavy atom. The van der Waals surface area contributed by atoms with Gasteiger partial charge in [0.15, 0.2) is 0 Å². The number of ether oxygens (including phenoxy) is 1. The van der Waals surface area contributed by atoms with E-state index in [0.29, 0.717) is 11.2 Å². The van der Waals surface area contributed by atoms with Gasteiger partial charge in [0.1, 0.15) is 11.2 Å². The van der Waals surface area contributed by atoms with Crippen LogP contribution in [-0.4, -0.2) is 102 Å². The third kappa shape index (κ3) is 6.00. The van der Waals surface area contributed by atoms with Gasteiger partial charge in [0.25, 0.3) is 5.91 Å². The van der Waals surface area contributed by atoms with Crippen molar-refractivity contribution in [3.8, 4) is 0 Å². The molecule has 0 radical (unpaired) electrons. The summed E-state index contributed by atoms with van der Waals surface area (Å²) in [6, 6.07) is 3.88. The second-order valence-corrected chi connectivity index (χ2v) is 9.72. The Morgan fingerprint density at radius 3 is 2.32 bits per heavy atom. The highest BCUT2D eigenvalue weighted by molar-refractivity contribution is 5.94. The smallest absolute Gasteiger partial charge is 0.270 e. The molecule has 184 valence electrons. The van der Waals surface area contributed by atoms with Crippen molar-refractivity contribution < 1.29 is 9.53 Å². The van der Waals surface area contributed by atoms with Crippen molar-refractivity contribution in [1.82, 2.24) is 30.1 Å². The fourth-order valence-electron chi connectivity index (χ4n) is 5.13. The molecule has 3 aliphatic heterocycles. The first-order valence-corrected chi connectivity index (χ1v) is 13.0. The molecule has 0 spiro atoms. The van der Waals surface area contributed by atoms with Crippen LogP contribution in [0, 0.1) is 0 Å². The van der Waals surface area contributed by atoms with Gasteiger partial charge in [-0.15, -0.1) is 0 Å². The zero-order valence-corrected chi connectivity index (χ0v) is 20.1. The monoisotopic (exact) mass is 467 g/mol. The van der Waals surface area contributed by atoms with Crippen LogP contribution in [0.5, 0.6) is 0 Å². The van der Waals surface area contributed by atoms with Gasteiger partial charge in [0, 0.05) is 58.4 Å². The van der Waals surface area contributed by atoms with Crippen LogP contribution in [0.1, 0.15) is 49.0 Å². The highest BCUT2D eigenvalue weighted by Crippen LogP contribution is 2.19. The van der Waals surface area contributed by atoms with Crippen LogP contribution < -0.4 is 10.2 Å². The van der Waals surface area contributed by atoms with E-state index in [1.54, 1.807) is 12.3 Å². The van der Waals surface area contributed by atoms with E-state index >= 15 is 0 Å². The molecule has 2 aromatic rings. The number of carbonyl (C=O) groups excluding carboxylic acids is 1. The number of amides is 1. The number of nitrogens with zero attached hydrogens (tertiary/aromatic N) is 6. The van der Waals surface area contributed by atoms with Gasteiger partial charge in [0.05, 0.1) is 24.9 Å². The van der Waals surface area contributed by atoms with Crippen molar-refractivity contribution in [3.63, 3.8) is 0 Å². The van der Waals surface area contributed by atoms with Gasteiger partial charge < -0.3 is 19.9 Å². The number of likely N-dealkylation sites (tertiary alicyclic amines) is 1. The van der Waals surface area contributed by atoms with Crippen LogP contribution >= 0.6 is 0 Å². The summed E-state index contributed by atoms with van der Waals surface area (Å²) < 4.78 is 5.43. The van der Waals surface area contributed by atoms with Gasteiger partial charge in [0.2, 0.25) is 5.95 Å². The van der Waals surface area contributed by atoms with Crippen LogP contribution in [0.3, 0.4) is 0 Å². The summed E-state index contributed by atoms with van der Waals surface area (Å²) in [4.78, 5) is 33.9. The summed E-state index contributed by atoms with van der Waals surface area (Å²) >= 11 is 0. The zero-order chi connectivity index (χ0) is 23.2. The molecule has 0 aliphatic carbocycles. The molecule has 0 saturated carbocycles. The van der Waals surface area contributed by atoms with Crippen LogP contribution in [0.4, 0.5) is 5.95 Å². The fourth-order valence-corrected chi connectivity index (χ4v) is 5.13. The topological polar surface area (TPSA) is 86.7 Å². The molecule has 0 bridgehead atoms. The molecule has 5 rings (SSSR count). The number of nitrogens with one attached hydrogen (secondary N) is 1. The summed E-state index contributed by atoms with van der Waals surface area (Å²) in [5.74, 6) is 0.666. The Kier molecular flexibility index (Phi) is 7.83. The number of rotatable bonds is 6. The molecule has 1 amide bonds. The normalized spacial score (nSPS) is 21.5. The SMILES string of the molecule is O=C(NC1CCN(CCN2CCOCC2)CC1)c1ccc2nc(N3CCCCCC3)ncc2n1. The van der Waals surface area contributed by atoms with Gasteiger partial charge in [-0.2, -0.15) is 0 Å². The standard InChI is InChI=1S/C25H37N7O2/c33-24(27-20-7-11-30(12-8-20)13-14-31-15-17-34-18-16-31)22-6-5-21-23(28-22)19-26-25(29-21)32-9-3-1-2-4-10-32/h5-6,19-20H,1-4,7-18H2,(H,27,33). The summed E-state index contributed by atoms with van der Waals surface area (Å²) in [5.41, 5.74) is 1.90. The molecule has 0 unspecified atom stereocenters. The lowest BCUT2D eigenvalue weighted by molar-refractivity contribution is 0.0318. The van der Waals surface area contributed by atoms with Crippen molar-refractivity contribution in [3.05, 3.63) is 24.0 Å². The number of fused-ring (bicyclic) bond motifs is 1. The van der Waals surface area contributed by atoms with Gasteiger partial charge in [-0.25, -0.2) is 15.0 Å². The van der Waals surface area contributed by atoms with Crippen LogP contribution in [-0.2, 0) is 4.74 Å². The van der Waals surface area contributed by atoms with E-state index in [4.69, 9.17) is 9.72 Å². The number of piperidine rings is 1. The summed E-state index contributed by atoms with van der Waals surface area (Å²) in [6.07, 6.45) is 8.63. The minimum atomic E-state index is -0.106. The van der Waals surface area contributed by atoms with Crippen molar-refractivity contribution in [2.75, 3.05) is 70.5 Å². The van der Waals surface area contributed by atoms with E-state index in [9.17, 15) is 4.79 Å². The molecule has 3 fully saturated rings. The molecule has 5 heterocycles. The molecule has 3 aliphatic rings. The Hall–Kier alpha value is -2.36. The van der Waals surface area contributed by atoms with E-state index in [1.165, 1.54) is 25.7 Å². The fraction of sp³-hybridized carbons (Fsp3) is 0.680. The number of hydrogen-bond donors (Lipinski definition) is 1. The van der Waals surface area contributed by atoms with Crippen molar-refractivity contribution in [2.24, 2.45) is 0 Å². The Bertz CT molecular complexity index is 949. The summed E-state index contributed by atoms with van der Waals surface area (Å²) in [5, 5.41) is 3.19. The molecular formula is C25H37N7O2. The van der Waals surface area contributed by atoms with Crippen molar-refractivity contribution in [1.29, 1.82) is 0 Å². The largest absolute Gasteiger partial charge is 0.379 e. The highest BCUT2D eigenvalue weighted by atomic mass is 16.5. The third-order valence-corrected chi connectivity index (χ3v) is 7.31. The number of pyridine rings is 1. The molecule has 9 heteroatoms. The van der Waals surface area contributed by atoms with Crippen LogP contribution in [0.2, 0.25) is 0 Å². The molecule has 9 nitrogen and oxygen atoms in total. The third-order valence-electron chi connectivity index (χ3n) is 7.31. The number of morpholine rings is 1. The maximum Gasteiger partial charge on any atom is 0.270 e. The van der Waals surface area contributed by atoms with E-state index < -0.39 is 0 Å². The zero-order valence-electron chi connectivity index (χ0n) is 20.1. The molecule has 1 N–H and O–H groups in total. The maximum atomic E-state index is 12.9. The summed E-state index contributed by atoms with van der Waals surface area (Å²) in [7, 11) is 0. The summed E-state index contributed by atoms with van der Waals surface area (Å²) in [6.45, 7) is 10.0. The lowest BCUT2D eigenvalue weighted by Gasteiger charge is -2.34. The predicted octanol–water partition coefficient (Wildman–Crippen LogP) is 1.93. The van der Waals surface area contributed by atoms with Crippen molar-refractivity contribution >= 4 is 22.9 Å². The maximum absolute atomic E-state index is 12.9. The average Bonchev–Trinajstić information content (AvgIpc) is 3.18. The molecular weight excluding hydrogens is 430 g/mol. The number of aromatic nitrogens is 3. The van der Waals surface area contributed by atoms with Gasteiger partial charge >= 0.3 is 0 Å². The Labute approximate surface area is 201 Å². The van der Waals surface area contributed by atoms with Gasteiger partial charge in [-0.05, 0) is 37.8 Å². The quantitative estimate of drug-likeness (QED) is 0.690. The van der Waals surface area contributed by atoms with Gasteiger partial charge in [-0.3, -0.25) is 9.69 Å². The lowest BCUT2D eigenvalue weighted by Crippen LogP contribution is -2.47.